The van der Waals surface area contributed by atoms with Gasteiger partial charge in [-0.3, -0.25) is 0 Å². The van der Waals surface area contributed by atoms with Crippen LogP contribution in [-0.4, -0.2) is 6.54 Å². The molecular formula is C14H18FN. The fourth-order valence-corrected chi connectivity index (χ4v) is 1.65. The van der Waals surface area contributed by atoms with Gasteiger partial charge in [0.2, 0.25) is 0 Å². The van der Waals surface area contributed by atoms with Crippen molar-refractivity contribution in [3.05, 3.63) is 60.6 Å². The largest absolute Gasteiger partial charge is 0.390 e. The van der Waals surface area contributed by atoms with Gasteiger partial charge in [-0.25, -0.2) is 4.39 Å². The van der Waals surface area contributed by atoms with Crippen molar-refractivity contribution in [2.45, 2.75) is 19.3 Å². The van der Waals surface area contributed by atoms with Crippen LogP contribution in [0.3, 0.4) is 0 Å². The number of hydrogen-bond acceptors (Lipinski definition) is 1. The summed E-state index contributed by atoms with van der Waals surface area (Å²) in [7, 11) is 0. The Hall–Kier alpha value is -1.57. The molecule has 1 aromatic carbocycles. The lowest BCUT2D eigenvalue weighted by molar-refractivity contribution is 0.511. The predicted octanol–water partition coefficient (Wildman–Crippen LogP) is 3.31. The zero-order valence-corrected chi connectivity index (χ0v) is 9.89. The van der Waals surface area contributed by atoms with Crippen molar-refractivity contribution in [2.75, 3.05) is 6.54 Å². The minimum Gasteiger partial charge on any atom is -0.390 e. The highest BCUT2D eigenvalue weighted by Crippen LogP contribution is 2.28. The lowest BCUT2D eigenvalue weighted by atomic mass is 9.81. The van der Waals surface area contributed by atoms with Crippen LogP contribution in [0.2, 0.25) is 0 Å². The number of aryl methyl sites for hydroxylation is 1. The van der Waals surface area contributed by atoms with E-state index >= 15 is 0 Å². The average Bonchev–Trinajstić information content (AvgIpc) is 2.29. The molecule has 1 aromatic rings. The smallest absolute Gasteiger partial charge is 0.130 e. The van der Waals surface area contributed by atoms with Gasteiger partial charge in [-0.05, 0) is 24.3 Å². The van der Waals surface area contributed by atoms with Gasteiger partial charge in [0.05, 0.1) is 0 Å². The molecule has 16 heavy (non-hydrogen) atoms. The highest BCUT2D eigenvalue weighted by molar-refractivity contribution is 5.35. The zero-order valence-electron chi connectivity index (χ0n) is 9.89. The third kappa shape index (κ3) is 2.32. The molecular weight excluding hydrogens is 201 g/mol. The third-order valence-electron chi connectivity index (χ3n) is 2.87. The van der Waals surface area contributed by atoms with Crippen molar-refractivity contribution in [1.29, 1.82) is 0 Å². The normalized spacial score (nSPS) is 13.9. The Balaban J connectivity index is 3.16. The number of nitrogens with one attached hydrogen (secondary N) is 1. The molecule has 0 amide bonds. The lowest BCUT2D eigenvalue weighted by Gasteiger charge is -2.27. The zero-order chi connectivity index (χ0) is 12.2. The van der Waals surface area contributed by atoms with Gasteiger partial charge in [-0.1, -0.05) is 37.8 Å². The summed E-state index contributed by atoms with van der Waals surface area (Å²) < 4.78 is 14.0. The van der Waals surface area contributed by atoms with Crippen molar-refractivity contribution >= 4 is 0 Å². The first kappa shape index (κ1) is 12.5. The second-order valence-electron chi connectivity index (χ2n) is 4.14. The standard InChI is InChI=1S/C14H18FN/c1-5-14(4,10-16-6-2)12-9-7-8-11(3)13(12)15/h5-9,16H,1-2,10H2,3-4H3/t14-/m1/s1. The van der Waals surface area contributed by atoms with E-state index in [-0.39, 0.29) is 5.82 Å². The first-order chi connectivity index (χ1) is 7.55. The number of rotatable bonds is 5. The fourth-order valence-electron chi connectivity index (χ4n) is 1.65. The highest BCUT2D eigenvalue weighted by atomic mass is 19.1. The Morgan fingerprint density at radius 1 is 1.44 bits per heavy atom. The summed E-state index contributed by atoms with van der Waals surface area (Å²) in [5, 5.41) is 3.01. The Morgan fingerprint density at radius 3 is 2.69 bits per heavy atom. The molecule has 0 unspecified atom stereocenters. The SMILES string of the molecule is C=CNC[C@@](C)(C=C)c1cccc(C)c1F. The van der Waals surface area contributed by atoms with Crippen LogP contribution in [0.1, 0.15) is 18.1 Å². The van der Waals surface area contributed by atoms with E-state index in [0.29, 0.717) is 17.7 Å². The highest BCUT2D eigenvalue weighted by Gasteiger charge is 2.26. The van der Waals surface area contributed by atoms with Crippen LogP contribution >= 0.6 is 0 Å². The van der Waals surface area contributed by atoms with Crippen LogP contribution in [-0.2, 0) is 5.41 Å². The molecule has 2 heteroatoms. The summed E-state index contributed by atoms with van der Waals surface area (Å²) in [6.07, 6.45) is 3.37. The van der Waals surface area contributed by atoms with Crippen LogP contribution in [0, 0.1) is 12.7 Å². The van der Waals surface area contributed by atoms with Crippen molar-refractivity contribution in [3.63, 3.8) is 0 Å². The van der Waals surface area contributed by atoms with Crippen molar-refractivity contribution in [1.82, 2.24) is 5.32 Å². The molecule has 0 bridgehead atoms. The molecule has 1 rings (SSSR count). The Labute approximate surface area is 96.7 Å². The summed E-state index contributed by atoms with van der Waals surface area (Å²) >= 11 is 0. The Bertz CT molecular complexity index is 398. The van der Waals surface area contributed by atoms with Crippen molar-refractivity contribution < 1.29 is 4.39 Å². The molecule has 0 saturated heterocycles. The monoisotopic (exact) mass is 219 g/mol. The summed E-state index contributed by atoms with van der Waals surface area (Å²) in [5.41, 5.74) is 0.894. The summed E-state index contributed by atoms with van der Waals surface area (Å²) in [6.45, 7) is 11.7. The van der Waals surface area contributed by atoms with Gasteiger partial charge in [-0.2, -0.15) is 0 Å². The second-order valence-corrected chi connectivity index (χ2v) is 4.14. The fraction of sp³-hybridized carbons (Fsp3) is 0.286. The van der Waals surface area contributed by atoms with Crippen LogP contribution < -0.4 is 5.32 Å². The Kier molecular flexibility index (Phi) is 3.88. The van der Waals surface area contributed by atoms with E-state index in [4.69, 9.17) is 0 Å². The topological polar surface area (TPSA) is 12.0 Å². The molecule has 1 nitrogen and oxygen atoms in total. The van der Waals surface area contributed by atoms with Gasteiger partial charge in [0.15, 0.2) is 0 Å². The molecule has 1 atom stereocenters. The maximum atomic E-state index is 14.0. The Morgan fingerprint density at radius 2 is 2.12 bits per heavy atom. The van der Waals surface area contributed by atoms with E-state index in [0.717, 1.165) is 0 Å². The second kappa shape index (κ2) is 4.97. The molecule has 0 spiro atoms. The average molecular weight is 219 g/mol. The number of benzene rings is 1. The van der Waals surface area contributed by atoms with Crippen molar-refractivity contribution in [2.24, 2.45) is 0 Å². The molecule has 86 valence electrons. The molecule has 1 N–H and O–H groups in total. The first-order valence-corrected chi connectivity index (χ1v) is 5.28. The van der Waals surface area contributed by atoms with Crippen LogP contribution in [0.15, 0.2) is 43.6 Å². The van der Waals surface area contributed by atoms with Gasteiger partial charge in [0.25, 0.3) is 0 Å². The minimum atomic E-state index is -0.426. The third-order valence-corrected chi connectivity index (χ3v) is 2.87. The van der Waals surface area contributed by atoms with Gasteiger partial charge in [-0.15, -0.1) is 6.58 Å². The van der Waals surface area contributed by atoms with Gasteiger partial charge in [0.1, 0.15) is 5.82 Å². The van der Waals surface area contributed by atoms with Crippen LogP contribution in [0.4, 0.5) is 4.39 Å². The predicted molar refractivity (Wildman–Crippen MR) is 66.9 cm³/mol. The maximum Gasteiger partial charge on any atom is 0.130 e. The molecule has 0 aliphatic carbocycles. The van der Waals surface area contributed by atoms with E-state index in [1.165, 1.54) is 0 Å². The molecule has 0 fully saturated rings. The van der Waals surface area contributed by atoms with Crippen molar-refractivity contribution in [3.8, 4) is 0 Å². The van der Waals surface area contributed by atoms with Crippen LogP contribution in [0.25, 0.3) is 0 Å². The van der Waals surface area contributed by atoms with E-state index in [2.05, 4.69) is 18.5 Å². The summed E-state index contributed by atoms with van der Waals surface area (Å²) in [6, 6.07) is 5.43. The van der Waals surface area contributed by atoms with Crippen LogP contribution in [0.5, 0.6) is 0 Å². The molecule has 0 heterocycles. The summed E-state index contributed by atoms with van der Waals surface area (Å²) in [4.78, 5) is 0. The summed E-state index contributed by atoms with van der Waals surface area (Å²) in [5.74, 6) is -0.157. The lowest BCUT2D eigenvalue weighted by Crippen LogP contribution is -2.32. The number of hydrogen-bond donors (Lipinski definition) is 1. The quantitative estimate of drug-likeness (QED) is 0.749. The van der Waals surface area contributed by atoms with E-state index in [1.54, 1.807) is 31.3 Å². The van der Waals surface area contributed by atoms with Gasteiger partial charge in [0, 0.05) is 12.0 Å². The molecule has 0 saturated carbocycles. The minimum absolute atomic E-state index is 0.157. The van der Waals surface area contributed by atoms with Gasteiger partial charge >= 0.3 is 0 Å². The van der Waals surface area contributed by atoms with E-state index < -0.39 is 5.41 Å². The van der Waals surface area contributed by atoms with E-state index in [1.807, 2.05) is 13.0 Å². The van der Waals surface area contributed by atoms with Gasteiger partial charge < -0.3 is 5.32 Å². The van der Waals surface area contributed by atoms with E-state index in [9.17, 15) is 4.39 Å². The molecule has 0 aliphatic rings. The molecule has 0 aliphatic heterocycles. The first-order valence-electron chi connectivity index (χ1n) is 5.28. The number of halogens is 1. The maximum absolute atomic E-state index is 14.0. The molecule has 0 radical (unpaired) electrons. The molecule has 0 aromatic heterocycles.